The van der Waals surface area contributed by atoms with Gasteiger partial charge in [-0.05, 0) is 49.6 Å². The minimum atomic E-state index is -0.606. The molecule has 4 rings (SSSR count). The van der Waals surface area contributed by atoms with Crippen molar-refractivity contribution in [3.63, 3.8) is 0 Å². The third kappa shape index (κ3) is 4.80. The molecule has 0 spiro atoms. The van der Waals surface area contributed by atoms with E-state index < -0.39 is 17.6 Å². The van der Waals surface area contributed by atoms with Crippen LogP contribution in [0.15, 0.2) is 54.6 Å². The molecule has 170 valence electrons. The number of aryl methyl sites for hydroxylation is 1. The fraction of sp³-hybridized carbons (Fsp3) is 0.240. The first kappa shape index (κ1) is 22.7. The number of benzene rings is 2. The number of rotatable bonds is 5. The predicted molar refractivity (Wildman–Crippen MR) is 127 cm³/mol. The summed E-state index contributed by atoms with van der Waals surface area (Å²) in [6.45, 7) is 2.67. The van der Waals surface area contributed by atoms with Gasteiger partial charge in [-0.25, -0.2) is 4.39 Å². The molecule has 1 aromatic heterocycles. The van der Waals surface area contributed by atoms with Crippen LogP contribution in [0.2, 0.25) is 0 Å². The molecule has 33 heavy (non-hydrogen) atoms. The molecule has 3 N–H and O–H groups in total. The van der Waals surface area contributed by atoms with Crippen molar-refractivity contribution in [3.05, 3.63) is 76.4 Å². The minimum absolute atomic E-state index is 0.233. The van der Waals surface area contributed by atoms with Crippen LogP contribution in [0.4, 0.5) is 9.39 Å². The first-order valence-electron chi connectivity index (χ1n) is 10.7. The van der Waals surface area contributed by atoms with Crippen molar-refractivity contribution in [1.29, 1.82) is 0 Å². The number of carbonyl (C=O) groups excluding carboxylic acids is 3. The summed E-state index contributed by atoms with van der Waals surface area (Å²) < 4.78 is 13.2. The van der Waals surface area contributed by atoms with Gasteiger partial charge < -0.3 is 16.0 Å². The topological polar surface area (TPSA) is 92.5 Å². The lowest BCUT2D eigenvalue weighted by Crippen LogP contribution is -2.43. The molecule has 2 heterocycles. The standard InChI is InChI=1S/C25H24FN3O3S/c1-15-20(16-6-3-2-4-7-16)21(22(27)30)24(33-15)28-23(31)18-8-5-13-29(14-18)25(32)17-9-11-19(26)12-10-17/h2-4,6-7,9-12,18H,5,8,13-14H2,1H3,(H2,27,30)(H,28,31). The Hall–Kier alpha value is -3.52. The molecule has 3 aromatic rings. The van der Waals surface area contributed by atoms with Crippen molar-refractivity contribution in [2.45, 2.75) is 19.8 Å². The Kier molecular flexibility index (Phi) is 6.55. The highest BCUT2D eigenvalue weighted by molar-refractivity contribution is 7.17. The van der Waals surface area contributed by atoms with Gasteiger partial charge in [0.25, 0.3) is 11.8 Å². The zero-order valence-corrected chi connectivity index (χ0v) is 19.0. The van der Waals surface area contributed by atoms with Crippen molar-refractivity contribution in [3.8, 4) is 11.1 Å². The zero-order valence-electron chi connectivity index (χ0n) is 18.1. The number of hydrogen-bond donors (Lipinski definition) is 2. The van der Waals surface area contributed by atoms with Crippen LogP contribution in [0.1, 0.15) is 38.4 Å². The second-order valence-corrected chi connectivity index (χ2v) is 9.28. The Bertz CT molecular complexity index is 1190. The van der Waals surface area contributed by atoms with Crippen molar-refractivity contribution in [2.75, 3.05) is 18.4 Å². The number of piperidine rings is 1. The Labute approximate surface area is 195 Å². The van der Waals surface area contributed by atoms with Gasteiger partial charge in [-0.3, -0.25) is 14.4 Å². The third-order valence-corrected chi connectivity index (χ3v) is 6.82. The van der Waals surface area contributed by atoms with Gasteiger partial charge in [-0.2, -0.15) is 0 Å². The fourth-order valence-corrected chi connectivity index (χ4v) is 5.27. The molecule has 1 aliphatic heterocycles. The molecule has 1 unspecified atom stereocenters. The van der Waals surface area contributed by atoms with Gasteiger partial charge >= 0.3 is 0 Å². The smallest absolute Gasteiger partial charge is 0.253 e. The van der Waals surface area contributed by atoms with E-state index in [0.717, 1.165) is 16.0 Å². The molecular weight excluding hydrogens is 441 g/mol. The summed E-state index contributed by atoms with van der Waals surface area (Å²) in [5.41, 5.74) is 7.95. The summed E-state index contributed by atoms with van der Waals surface area (Å²) in [6, 6.07) is 14.8. The average molecular weight is 466 g/mol. The Morgan fingerprint density at radius 3 is 2.45 bits per heavy atom. The van der Waals surface area contributed by atoms with E-state index in [9.17, 15) is 18.8 Å². The van der Waals surface area contributed by atoms with Crippen LogP contribution in [0.5, 0.6) is 0 Å². The lowest BCUT2D eigenvalue weighted by molar-refractivity contribution is -0.121. The number of amides is 3. The lowest BCUT2D eigenvalue weighted by atomic mass is 9.96. The molecule has 1 atom stereocenters. The number of carbonyl (C=O) groups is 3. The van der Waals surface area contributed by atoms with Gasteiger partial charge in [0, 0.05) is 29.1 Å². The van der Waals surface area contributed by atoms with E-state index in [1.807, 2.05) is 37.3 Å². The number of thiophene rings is 1. The van der Waals surface area contributed by atoms with Gasteiger partial charge in [0.2, 0.25) is 5.91 Å². The molecule has 1 aliphatic rings. The number of nitrogens with one attached hydrogen (secondary N) is 1. The van der Waals surface area contributed by atoms with Crippen molar-refractivity contribution in [2.24, 2.45) is 11.7 Å². The van der Waals surface area contributed by atoms with Crippen molar-refractivity contribution in [1.82, 2.24) is 4.90 Å². The van der Waals surface area contributed by atoms with E-state index in [2.05, 4.69) is 5.32 Å². The van der Waals surface area contributed by atoms with E-state index in [1.165, 1.54) is 35.6 Å². The van der Waals surface area contributed by atoms with Crippen LogP contribution in [0.3, 0.4) is 0 Å². The average Bonchev–Trinajstić information content (AvgIpc) is 3.15. The molecule has 0 radical (unpaired) electrons. The number of halogens is 1. The second kappa shape index (κ2) is 9.54. The highest BCUT2D eigenvalue weighted by Gasteiger charge is 2.31. The second-order valence-electron chi connectivity index (χ2n) is 8.05. The largest absolute Gasteiger partial charge is 0.365 e. The summed E-state index contributed by atoms with van der Waals surface area (Å²) in [7, 11) is 0. The van der Waals surface area contributed by atoms with Crippen molar-refractivity contribution < 1.29 is 18.8 Å². The van der Waals surface area contributed by atoms with Crippen LogP contribution in [0, 0.1) is 18.7 Å². The van der Waals surface area contributed by atoms with E-state index in [4.69, 9.17) is 5.73 Å². The van der Waals surface area contributed by atoms with Gasteiger partial charge in [-0.15, -0.1) is 11.3 Å². The van der Waals surface area contributed by atoms with E-state index in [1.54, 1.807) is 4.90 Å². The van der Waals surface area contributed by atoms with Crippen LogP contribution < -0.4 is 11.1 Å². The Morgan fingerprint density at radius 1 is 1.09 bits per heavy atom. The molecule has 0 saturated carbocycles. The summed E-state index contributed by atoms with van der Waals surface area (Å²) in [5.74, 6) is -1.93. The first-order chi connectivity index (χ1) is 15.8. The van der Waals surface area contributed by atoms with E-state index >= 15 is 0 Å². The van der Waals surface area contributed by atoms with E-state index in [0.29, 0.717) is 35.5 Å². The number of nitrogens with zero attached hydrogens (tertiary/aromatic N) is 1. The van der Waals surface area contributed by atoms with Crippen molar-refractivity contribution >= 4 is 34.1 Å². The maximum atomic E-state index is 13.2. The number of hydrogen-bond acceptors (Lipinski definition) is 4. The van der Waals surface area contributed by atoms with Crippen LogP contribution in [-0.2, 0) is 4.79 Å². The summed E-state index contributed by atoms with van der Waals surface area (Å²) in [4.78, 5) is 40.7. The first-order valence-corrected chi connectivity index (χ1v) is 11.5. The number of nitrogens with two attached hydrogens (primary N) is 1. The Morgan fingerprint density at radius 2 is 1.79 bits per heavy atom. The van der Waals surface area contributed by atoms with Crippen LogP contribution in [0.25, 0.3) is 11.1 Å². The van der Waals surface area contributed by atoms with Crippen LogP contribution >= 0.6 is 11.3 Å². The maximum Gasteiger partial charge on any atom is 0.253 e. The monoisotopic (exact) mass is 465 g/mol. The molecule has 0 aliphatic carbocycles. The molecule has 3 amide bonds. The van der Waals surface area contributed by atoms with Gasteiger partial charge in [0.15, 0.2) is 0 Å². The van der Waals surface area contributed by atoms with Crippen LogP contribution in [-0.4, -0.2) is 35.7 Å². The number of primary amides is 1. The SMILES string of the molecule is Cc1sc(NC(=O)C2CCCN(C(=O)c3ccc(F)cc3)C2)c(C(N)=O)c1-c1ccccc1. The molecular formula is C25H24FN3O3S. The zero-order chi connectivity index (χ0) is 23.5. The number of likely N-dealkylation sites (tertiary alicyclic amines) is 1. The maximum absolute atomic E-state index is 13.2. The fourth-order valence-electron chi connectivity index (χ4n) is 4.18. The van der Waals surface area contributed by atoms with E-state index in [-0.39, 0.29) is 18.4 Å². The molecule has 1 saturated heterocycles. The molecule has 0 bridgehead atoms. The molecule has 8 heteroatoms. The highest BCUT2D eigenvalue weighted by Crippen LogP contribution is 2.40. The lowest BCUT2D eigenvalue weighted by Gasteiger charge is -2.32. The Balaban J connectivity index is 1.53. The normalized spacial score (nSPS) is 15.8. The quantitative estimate of drug-likeness (QED) is 0.583. The number of anilines is 1. The summed E-state index contributed by atoms with van der Waals surface area (Å²) in [6.07, 6.45) is 1.30. The predicted octanol–water partition coefficient (Wildman–Crippen LogP) is 4.45. The molecule has 6 nitrogen and oxygen atoms in total. The summed E-state index contributed by atoms with van der Waals surface area (Å²) in [5, 5.41) is 3.31. The minimum Gasteiger partial charge on any atom is -0.365 e. The molecule has 2 aromatic carbocycles. The third-order valence-electron chi connectivity index (χ3n) is 5.80. The van der Waals surface area contributed by atoms with Gasteiger partial charge in [-0.1, -0.05) is 30.3 Å². The van der Waals surface area contributed by atoms with Gasteiger partial charge in [0.1, 0.15) is 10.8 Å². The highest BCUT2D eigenvalue weighted by atomic mass is 32.1. The summed E-state index contributed by atoms with van der Waals surface area (Å²) >= 11 is 1.31. The van der Waals surface area contributed by atoms with Gasteiger partial charge in [0.05, 0.1) is 11.5 Å². The molecule has 1 fully saturated rings.